The molecule has 0 spiro atoms. The Morgan fingerprint density at radius 2 is 1.81 bits per heavy atom. The molecule has 3 N–H and O–H groups in total. The highest BCUT2D eigenvalue weighted by Gasteiger charge is 2.58. The van der Waals surface area contributed by atoms with Crippen molar-refractivity contribution >= 4 is 13.1 Å². The van der Waals surface area contributed by atoms with Gasteiger partial charge in [0.25, 0.3) is 0 Å². The Labute approximate surface area is 171 Å². The molecule has 0 fully saturated rings. The molecule has 0 bridgehead atoms. The highest BCUT2D eigenvalue weighted by molar-refractivity contribution is 5.55. The van der Waals surface area contributed by atoms with Crippen LogP contribution >= 0.6 is 0 Å². The van der Waals surface area contributed by atoms with Crippen molar-refractivity contribution in [3.8, 4) is 0 Å². The van der Waals surface area contributed by atoms with Crippen molar-refractivity contribution in [3.05, 3.63) is 65.0 Å². The highest BCUT2D eigenvalue weighted by Crippen LogP contribution is 2.46. The Kier molecular flexibility index (Phi) is 6.89. The lowest BCUT2D eigenvalue weighted by Gasteiger charge is -2.37. The van der Waals surface area contributed by atoms with Crippen molar-refractivity contribution in [2.24, 2.45) is 16.0 Å². The van der Waals surface area contributed by atoms with Gasteiger partial charge in [0.15, 0.2) is 5.60 Å². The van der Waals surface area contributed by atoms with Crippen LogP contribution in [0, 0.1) is 11.6 Å². The summed E-state index contributed by atoms with van der Waals surface area (Å²) in [7, 11) is 0. The van der Waals surface area contributed by atoms with E-state index < -0.39 is 59.1 Å². The van der Waals surface area contributed by atoms with E-state index in [2.05, 4.69) is 21.9 Å². The molecule has 31 heavy (non-hydrogen) atoms. The van der Waals surface area contributed by atoms with Crippen LogP contribution in [-0.2, 0) is 17.9 Å². The van der Waals surface area contributed by atoms with Crippen molar-refractivity contribution in [2.45, 2.75) is 24.1 Å². The molecule has 2 rings (SSSR count). The number of hydrazone groups is 2. The van der Waals surface area contributed by atoms with Gasteiger partial charge in [-0.3, -0.25) is 4.98 Å². The van der Waals surface area contributed by atoms with Crippen molar-refractivity contribution < 1.29 is 35.8 Å². The Hall–Kier alpha value is -3.22. The minimum atomic E-state index is -4.60. The molecule has 0 saturated carbocycles. The average molecular weight is 451 g/mol. The normalized spacial score (nSPS) is 14.5. The van der Waals surface area contributed by atoms with E-state index in [0.29, 0.717) is 35.7 Å². The first-order valence-corrected chi connectivity index (χ1v) is 8.38. The van der Waals surface area contributed by atoms with Crippen LogP contribution in [-0.4, -0.2) is 40.9 Å². The van der Waals surface area contributed by atoms with E-state index in [1.54, 1.807) is 0 Å². The lowest BCUT2D eigenvalue weighted by molar-refractivity contribution is -0.203. The van der Waals surface area contributed by atoms with Crippen molar-refractivity contribution in [3.63, 3.8) is 0 Å². The smallest absolute Gasteiger partial charge is 0.377 e. The van der Waals surface area contributed by atoms with Gasteiger partial charge < -0.3 is 10.9 Å². The molecule has 0 saturated heterocycles. The third-order valence-corrected chi connectivity index (χ3v) is 4.22. The number of nitrogens with two attached hydrogens (primary N) is 1. The van der Waals surface area contributed by atoms with Crippen LogP contribution in [0.5, 0.6) is 0 Å². The molecule has 13 heteroatoms. The minimum Gasteiger partial charge on any atom is -0.377 e. The monoisotopic (exact) mass is 451 g/mol. The van der Waals surface area contributed by atoms with Crippen molar-refractivity contribution in [1.29, 1.82) is 0 Å². The van der Waals surface area contributed by atoms with Gasteiger partial charge in [0.1, 0.15) is 23.7 Å². The Morgan fingerprint density at radius 1 is 1.13 bits per heavy atom. The maximum atomic E-state index is 15.4. The van der Waals surface area contributed by atoms with Gasteiger partial charge in [-0.15, -0.1) is 0 Å². The number of benzene rings is 1. The molecule has 0 aliphatic carbocycles. The molecule has 0 aliphatic heterocycles. The zero-order valence-corrected chi connectivity index (χ0v) is 15.6. The SMILES string of the molecule is C=NN(/C=N\N)CC(O)(c1ccc(F)cc1F)C(F)(F)c1ccc(CC(F)(F)F)cn1. The van der Waals surface area contributed by atoms with Crippen LogP contribution < -0.4 is 5.84 Å². The highest BCUT2D eigenvalue weighted by atomic mass is 19.4. The number of hydrogen-bond acceptors (Lipinski definition) is 5. The first-order valence-electron chi connectivity index (χ1n) is 8.38. The molecule has 0 radical (unpaired) electrons. The van der Waals surface area contributed by atoms with E-state index in [0.717, 1.165) is 6.07 Å². The fraction of sp³-hybridized carbons (Fsp3) is 0.278. The largest absolute Gasteiger partial charge is 0.393 e. The van der Waals surface area contributed by atoms with Crippen molar-refractivity contribution in [1.82, 2.24) is 9.99 Å². The molecule has 6 nitrogen and oxygen atoms in total. The number of rotatable bonds is 8. The summed E-state index contributed by atoms with van der Waals surface area (Å²) in [6.07, 6.45) is -4.75. The second kappa shape index (κ2) is 8.88. The van der Waals surface area contributed by atoms with Gasteiger partial charge in [-0.1, -0.05) is 6.07 Å². The summed E-state index contributed by atoms with van der Waals surface area (Å²) in [5, 5.41) is 17.9. The predicted molar refractivity (Wildman–Crippen MR) is 97.1 cm³/mol. The molecule has 2 aromatic rings. The number of alkyl halides is 5. The van der Waals surface area contributed by atoms with Crippen LogP contribution in [0.3, 0.4) is 0 Å². The van der Waals surface area contributed by atoms with E-state index in [9.17, 15) is 27.1 Å². The molecular formula is C18H16F7N5O. The number of pyridine rings is 1. The van der Waals surface area contributed by atoms with Gasteiger partial charge in [-0.2, -0.15) is 32.2 Å². The van der Waals surface area contributed by atoms with E-state index in [1.165, 1.54) is 0 Å². The van der Waals surface area contributed by atoms with Crippen LogP contribution in [0.1, 0.15) is 16.8 Å². The zero-order valence-electron chi connectivity index (χ0n) is 15.6. The number of halogens is 7. The first-order chi connectivity index (χ1) is 14.3. The summed E-state index contributed by atoms with van der Waals surface area (Å²) in [6.45, 7) is 1.92. The van der Waals surface area contributed by atoms with Crippen LogP contribution in [0.2, 0.25) is 0 Å². The van der Waals surface area contributed by atoms with E-state index in [-0.39, 0.29) is 6.07 Å². The number of aromatic nitrogens is 1. The second-order valence-corrected chi connectivity index (χ2v) is 6.41. The van der Waals surface area contributed by atoms with Crippen LogP contribution in [0.25, 0.3) is 0 Å². The summed E-state index contributed by atoms with van der Waals surface area (Å²) >= 11 is 0. The number of hydrogen-bond donors (Lipinski definition) is 2. The third kappa shape index (κ3) is 5.29. The molecule has 0 amide bonds. The topological polar surface area (TPSA) is 87.1 Å². The van der Waals surface area contributed by atoms with Gasteiger partial charge in [0.2, 0.25) is 0 Å². The van der Waals surface area contributed by atoms with Crippen LogP contribution in [0.15, 0.2) is 46.7 Å². The zero-order chi connectivity index (χ0) is 23.4. The predicted octanol–water partition coefficient (Wildman–Crippen LogP) is 3.26. The summed E-state index contributed by atoms with van der Waals surface area (Å²) in [6, 6.07) is 2.82. The van der Waals surface area contributed by atoms with Gasteiger partial charge in [-0.05, 0) is 23.8 Å². The quantitative estimate of drug-likeness (QED) is 0.212. The van der Waals surface area contributed by atoms with Gasteiger partial charge in [0.05, 0.1) is 13.0 Å². The second-order valence-electron chi connectivity index (χ2n) is 6.41. The Bertz CT molecular complexity index is 949. The average Bonchev–Trinajstić information content (AvgIpc) is 2.66. The maximum absolute atomic E-state index is 15.4. The fourth-order valence-electron chi connectivity index (χ4n) is 2.78. The summed E-state index contributed by atoms with van der Waals surface area (Å²) in [5.74, 6) is -2.06. The third-order valence-electron chi connectivity index (χ3n) is 4.22. The van der Waals surface area contributed by atoms with Crippen molar-refractivity contribution in [2.75, 3.05) is 6.54 Å². The Morgan fingerprint density at radius 3 is 2.29 bits per heavy atom. The minimum absolute atomic E-state index is 0.277. The lowest BCUT2D eigenvalue weighted by Crippen LogP contribution is -2.51. The van der Waals surface area contributed by atoms with E-state index in [4.69, 9.17) is 5.84 Å². The molecule has 1 heterocycles. The molecule has 1 atom stereocenters. The molecular weight excluding hydrogens is 435 g/mol. The molecule has 0 aliphatic rings. The molecule has 1 aromatic heterocycles. The van der Waals surface area contributed by atoms with Gasteiger partial charge in [-0.25, -0.2) is 13.8 Å². The number of aliphatic hydroxyl groups is 1. The van der Waals surface area contributed by atoms with Gasteiger partial charge >= 0.3 is 12.1 Å². The lowest BCUT2D eigenvalue weighted by atomic mass is 9.84. The molecule has 168 valence electrons. The molecule has 1 unspecified atom stereocenters. The standard InChI is InChI=1S/C18H16F7N5O/c1-27-30(10-29-26)9-16(31,13-4-3-12(19)6-14(13)20)18(24,25)15-5-2-11(8-28-15)7-17(21,22)23/h2-6,8,10,31H,1,7,9,26H2/b29-10-. The first kappa shape index (κ1) is 24.1. The molecule has 1 aromatic carbocycles. The summed E-state index contributed by atoms with van der Waals surface area (Å²) < 4.78 is 96.0. The number of nitrogens with zero attached hydrogens (tertiary/aromatic N) is 4. The van der Waals surface area contributed by atoms with Crippen LogP contribution in [0.4, 0.5) is 30.7 Å². The Balaban J connectivity index is 2.59. The van der Waals surface area contributed by atoms with Gasteiger partial charge in [0, 0.05) is 24.5 Å². The fourth-order valence-corrected chi connectivity index (χ4v) is 2.78. The summed E-state index contributed by atoms with van der Waals surface area (Å²) in [5.41, 5.74) is -6.04. The van der Waals surface area contributed by atoms with E-state index in [1.807, 2.05) is 0 Å². The van der Waals surface area contributed by atoms with E-state index >= 15 is 8.78 Å². The maximum Gasteiger partial charge on any atom is 0.393 e. The summed E-state index contributed by atoms with van der Waals surface area (Å²) in [4.78, 5) is 3.32.